The molecule has 2 amide bonds. The van der Waals surface area contributed by atoms with E-state index in [4.69, 9.17) is 21.3 Å². The Kier molecular flexibility index (Phi) is 10.8. The fourth-order valence-electron chi connectivity index (χ4n) is 9.93. The number of fused-ring (bicyclic) bond motifs is 4. The minimum atomic E-state index is -4.46. The first kappa shape index (κ1) is 43.1. The lowest BCUT2D eigenvalue weighted by molar-refractivity contribution is -0.186. The van der Waals surface area contributed by atoms with E-state index in [9.17, 15) is 27.6 Å². The lowest BCUT2D eigenvalue weighted by Crippen LogP contribution is -2.60. The normalized spacial score (nSPS) is 23.2. The van der Waals surface area contributed by atoms with Crippen LogP contribution in [-0.4, -0.2) is 111 Å². The third kappa shape index (κ3) is 8.16. The summed E-state index contributed by atoms with van der Waals surface area (Å²) in [7, 11) is 3.29. The first-order chi connectivity index (χ1) is 31.0. The Morgan fingerprint density at radius 2 is 1.72 bits per heavy atom. The first-order valence-electron chi connectivity index (χ1n) is 21.9. The van der Waals surface area contributed by atoms with Gasteiger partial charge in [0.05, 0.1) is 40.6 Å². The van der Waals surface area contributed by atoms with Crippen LogP contribution in [0.1, 0.15) is 50.1 Å². The first-order valence-corrected chi connectivity index (χ1v) is 22.2. The maximum absolute atomic E-state index is 15.2. The summed E-state index contributed by atoms with van der Waals surface area (Å²) in [6.45, 7) is 0.785. The molecule has 5 aliphatic rings. The molecule has 2 aromatic carbocycles. The van der Waals surface area contributed by atoms with E-state index < -0.39 is 48.2 Å². The van der Waals surface area contributed by atoms with Gasteiger partial charge in [-0.05, 0) is 80.3 Å². The molecule has 3 aromatic heterocycles. The van der Waals surface area contributed by atoms with Crippen LogP contribution in [0.2, 0.25) is 5.02 Å². The van der Waals surface area contributed by atoms with Gasteiger partial charge in [0.25, 0.3) is 5.56 Å². The van der Waals surface area contributed by atoms with Crippen LogP contribution >= 0.6 is 11.6 Å². The number of carbonyl (C=O) groups is 2. The largest absolute Gasteiger partial charge is 0.480 e. The second kappa shape index (κ2) is 16.3. The highest BCUT2D eigenvalue weighted by Crippen LogP contribution is 2.46. The number of hydrogen-bond acceptors (Lipinski definition) is 12. The molecule has 21 heteroatoms. The Bertz CT molecular complexity index is 2770. The fourth-order valence-corrected chi connectivity index (χ4v) is 10.1. The highest BCUT2D eigenvalue weighted by atomic mass is 35.5. The Morgan fingerprint density at radius 1 is 0.938 bits per heavy atom. The van der Waals surface area contributed by atoms with Crippen molar-refractivity contribution in [1.82, 2.24) is 34.5 Å². The van der Waals surface area contributed by atoms with Gasteiger partial charge in [0, 0.05) is 81.9 Å². The highest BCUT2D eigenvalue weighted by molar-refractivity contribution is 6.33. The Balaban J connectivity index is 0.801. The smallest absolute Gasteiger partial charge is 0.405 e. The van der Waals surface area contributed by atoms with E-state index in [1.54, 1.807) is 58.9 Å². The van der Waals surface area contributed by atoms with Crippen molar-refractivity contribution in [3.05, 3.63) is 63.7 Å². The number of aryl methyl sites for hydroxylation is 2. The number of nitrogens with one attached hydrogen (secondary N) is 3. The predicted molar refractivity (Wildman–Crippen MR) is 234 cm³/mol. The number of hydrogen-bond donors (Lipinski definition) is 3. The van der Waals surface area contributed by atoms with E-state index in [1.807, 2.05) is 11.0 Å². The maximum Gasteiger partial charge on any atom is 0.405 e. The molecule has 0 bridgehead atoms. The predicted octanol–water partition coefficient (Wildman–Crippen LogP) is 6.32. The summed E-state index contributed by atoms with van der Waals surface area (Å²) in [6, 6.07) is 7.71. The van der Waals surface area contributed by atoms with E-state index >= 15 is 8.78 Å². The molecule has 344 valence electrons. The van der Waals surface area contributed by atoms with Crippen molar-refractivity contribution in [2.24, 2.45) is 25.9 Å². The van der Waals surface area contributed by atoms with Crippen molar-refractivity contribution in [3.8, 4) is 5.75 Å². The number of piperazine rings is 1. The standard InChI is InChI=1S/C44H47ClF5N11O4/c1-57-31-9-5-25(17-29(31)36-37(41(57)64)65-22-43(46,47)38(54-36)24-3-4-24)52-39-30(45)19-51-42(55-39)59-13-11-23(12-14-59)20-61-16-15-60(21-33(61)44(48,49)50)26-6-7-27-32(18-26)58(2)56-35(27)28-8-10-34(62)53-40(28)63/h5-7,9,17-19,23-24,28,33,38,54H,3-4,8,10-16,20-22H2,1-2H3,(H,51,52,55)(H,53,62,63)/t28?,33-,38+/m1/s1. The zero-order valence-electron chi connectivity index (χ0n) is 35.6. The van der Waals surface area contributed by atoms with Crippen molar-refractivity contribution < 1.29 is 36.3 Å². The molecule has 0 radical (unpaired) electrons. The van der Waals surface area contributed by atoms with Crippen molar-refractivity contribution in [1.29, 1.82) is 0 Å². The molecule has 1 aliphatic carbocycles. The van der Waals surface area contributed by atoms with Crippen molar-refractivity contribution in [2.75, 3.05) is 66.3 Å². The number of piperidine rings is 2. The number of aromatic nitrogens is 5. The van der Waals surface area contributed by atoms with Crippen molar-refractivity contribution >= 4 is 74.0 Å². The summed E-state index contributed by atoms with van der Waals surface area (Å²) in [5, 5.41) is 14.6. The molecule has 0 spiro atoms. The number of anilines is 5. The van der Waals surface area contributed by atoms with Gasteiger partial charge in [-0.15, -0.1) is 0 Å². The number of nitrogens with zero attached hydrogens (tertiary/aromatic N) is 8. The minimum Gasteiger partial charge on any atom is -0.480 e. The Labute approximate surface area is 374 Å². The molecular formula is C44H47ClF5N11O4. The highest BCUT2D eigenvalue weighted by Gasteiger charge is 2.51. The topological polar surface area (TPSA) is 155 Å². The van der Waals surface area contributed by atoms with Crippen molar-refractivity contribution in [2.45, 2.75) is 68.6 Å². The average molecular weight is 924 g/mol. The number of pyridine rings is 1. The van der Waals surface area contributed by atoms with Gasteiger partial charge in [-0.2, -0.15) is 23.3 Å². The molecule has 5 aromatic rings. The average Bonchev–Trinajstić information content (AvgIpc) is 4.08. The van der Waals surface area contributed by atoms with Crippen LogP contribution in [-0.2, 0) is 23.7 Å². The third-order valence-electron chi connectivity index (χ3n) is 13.7. The van der Waals surface area contributed by atoms with Crippen LogP contribution in [0.25, 0.3) is 21.8 Å². The van der Waals surface area contributed by atoms with Gasteiger partial charge in [0.1, 0.15) is 11.1 Å². The molecule has 3 atom stereocenters. The molecule has 4 aliphatic heterocycles. The molecule has 3 N–H and O–H groups in total. The van der Waals surface area contributed by atoms with Crippen LogP contribution in [0.15, 0.2) is 47.4 Å². The number of amides is 2. The molecule has 1 saturated carbocycles. The number of imide groups is 1. The molecular weight excluding hydrogens is 877 g/mol. The number of halogens is 6. The molecule has 7 heterocycles. The molecule has 65 heavy (non-hydrogen) atoms. The summed E-state index contributed by atoms with van der Waals surface area (Å²) >= 11 is 6.59. The molecule has 4 fully saturated rings. The van der Waals surface area contributed by atoms with Gasteiger partial charge >= 0.3 is 12.1 Å². The minimum absolute atomic E-state index is 0.00443. The second-order valence-corrected chi connectivity index (χ2v) is 18.4. The van der Waals surface area contributed by atoms with E-state index in [-0.39, 0.29) is 60.3 Å². The lowest BCUT2D eigenvalue weighted by atomic mass is 9.92. The number of carbonyl (C=O) groups excluding carboxylic acids is 2. The summed E-state index contributed by atoms with van der Waals surface area (Å²) in [4.78, 5) is 52.1. The summed E-state index contributed by atoms with van der Waals surface area (Å²) < 4.78 is 83.2. The van der Waals surface area contributed by atoms with E-state index in [0.29, 0.717) is 97.0 Å². The SMILES string of the molecule is Cn1nc(C2CCC(=O)NC2=O)c2ccc(N3CCN(CC4CCN(c5ncc(Cl)c(Nc6ccc7c(c6)c6c(c(=O)n7C)OCC(F)(F)[C@H](C7CC7)N6)n5)CC4)[C@@H](C(F)(F)F)C3)cc21. The lowest BCUT2D eigenvalue weighted by Gasteiger charge is -2.45. The van der Waals surface area contributed by atoms with Gasteiger partial charge in [-0.3, -0.25) is 29.3 Å². The summed E-state index contributed by atoms with van der Waals surface area (Å²) in [5.41, 5.74) is 2.61. The Morgan fingerprint density at radius 3 is 2.46 bits per heavy atom. The van der Waals surface area contributed by atoms with Gasteiger partial charge in [0.2, 0.25) is 23.5 Å². The van der Waals surface area contributed by atoms with Gasteiger partial charge in [0.15, 0.2) is 12.4 Å². The summed E-state index contributed by atoms with van der Waals surface area (Å²) in [6.07, 6.45) is 0.123. The number of rotatable bonds is 8. The Hall–Kier alpha value is -5.76. The van der Waals surface area contributed by atoms with Gasteiger partial charge < -0.3 is 29.7 Å². The fraction of sp³-hybridized carbons (Fsp3) is 0.500. The zero-order valence-corrected chi connectivity index (χ0v) is 36.4. The number of benzene rings is 2. The maximum atomic E-state index is 15.2. The zero-order chi connectivity index (χ0) is 45.5. The van der Waals surface area contributed by atoms with Crippen molar-refractivity contribution in [3.63, 3.8) is 0 Å². The van der Waals surface area contributed by atoms with E-state index in [0.717, 1.165) is 5.39 Å². The molecule has 3 saturated heterocycles. The van der Waals surface area contributed by atoms with Crippen LogP contribution in [0.3, 0.4) is 0 Å². The molecule has 1 unspecified atom stereocenters. The van der Waals surface area contributed by atoms with Crippen LogP contribution in [0.4, 0.5) is 50.8 Å². The second-order valence-electron chi connectivity index (χ2n) is 17.9. The van der Waals surface area contributed by atoms with E-state index in [2.05, 4.69) is 26.0 Å². The van der Waals surface area contributed by atoms with Gasteiger partial charge in [-0.25, -0.2) is 13.8 Å². The van der Waals surface area contributed by atoms with Crippen LogP contribution in [0.5, 0.6) is 5.75 Å². The van der Waals surface area contributed by atoms with Gasteiger partial charge in [-0.1, -0.05) is 11.6 Å². The third-order valence-corrected chi connectivity index (χ3v) is 13.9. The van der Waals surface area contributed by atoms with Crippen LogP contribution < -0.4 is 36.0 Å². The molecule has 10 rings (SSSR count). The molecule has 15 nitrogen and oxygen atoms in total. The summed E-state index contributed by atoms with van der Waals surface area (Å²) in [5.74, 6) is -4.19. The quantitative estimate of drug-likeness (QED) is 0.118. The monoisotopic (exact) mass is 923 g/mol. The number of alkyl halides is 5. The van der Waals surface area contributed by atoms with Crippen LogP contribution in [0, 0.1) is 11.8 Å². The van der Waals surface area contributed by atoms with E-state index in [1.165, 1.54) is 10.8 Å². The number of ether oxygens (including phenoxy) is 1.